The van der Waals surface area contributed by atoms with Gasteiger partial charge >= 0.3 is 0 Å². The molecule has 0 aromatic heterocycles. The van der Waals surface area contributed by atoms with Gasteiger partial charge in [-0.25, -0.2) is 4.84 Å². The average Bonchev–Trinajstić information content (AvgIpc) is 2.72. The number of imide groups is 1. The first-order valence-corrected chi connectivity index (χ1v) is 8.73. The fourth-order valence-corrected chi connectivity index (χ4v) is 1.52. The highest BCUT2D eigenvalue weighted by Crippen LogP contribution is 2.25. The highest BCUT2D eigenvalue weighted by molar-refractivity contribution is 9.20. The maximum atomic E-state index is 11.9. The minimum Gasteiger partial charge on any atom is -0.367 e. The number of alkyl halides is 1. The molecule has 1 aromatic carbocycles. The van der Waals surface area contributed by atoms with E-state index >= 15 is 0 Å². The minimum absolute atomic E-state index is 0.0278. The van der Waals surface area contributed by atoms with Crippen molar-refractivity contribution in [2.24, 2.45) is 5.73 Å². The Hall–Kier alpha value is -1.58. The molecule has 0 radical (unpaired) electrons. The number of hydrogen-bond donors (Lipinski definition) is 1. The Bertz CT molecular complexity index is 690. The monoisotopic (exact) mass is 476 g/mol. The molecule has 9 heteroatoms. The van der Waals surface area contributed by atoms with Crippen LogP contribution in [-0.4, -0.2) is 37.4 Å². The summed E-state index contributed by atoms with van der Waals surface area (Å²) in [6.07, 6.45) is 0. The number of nitrogens with zero attached hydrogens (tertiary/aromatic N) is 1. The maximum absolute atomic E-state index is 11.9. The van der Waals surface area contributed by atoms with Crippen molar-refractivity contribution in [3.8, 4) is 0 Å². The lowest BCUT2D eigenvalue weighted by Gasteiger charge is -2.25. The second kappa shape index (κ2) is 7.76. The van der Waals surface area contributed by atoms with Gasteiger partial charge in [0, 0.05) is 0 Å². The zero-order valence-corrected chi connectivity index (χ0v) is 17.3. The number of amides is 3. The van der Waals surface area contributed by atoms with Crippen LogP contribution < -0.4 is 5.73 Å². The Kier molecular flexibility index (Phi) is 6.66. The summed E-state index contributed by atoms with van der Waals surface area (Å²) in [5, 5.41) is 0.579. The number of primary amides is 1. The van der Waals surface area contributed by atoms with Gasteiger partial charge in [0.25, 0.3) is 17.7 Å². The fraction of sp³-hybridized carbons (Fsp3) is 0.375. The van der Waals surface area contributed by atoms with Crippen molar-refractivity contribution in [1.82, 2.24) is 5.06 Å². The molecule has 25 heavy (non-hydrogen) atoms. The van der Waals surface area contributed by atoms with Crippen molar-refractivity contribution in [2.45, 2.75) is 37.6 Å². The average molecular weight is 478 g/mol. The van der Waals surface area contributed by atoms with E-state index in [1.165, 1.54) is 26.0 Å². The Balaban J connectivity index is 0.000000381. The first-order valence-electron chi connectivity index (χ1n) is 7.14. The minimum atomic E-state index is -1.44. The molecule has 0 aliphatic carbocycles. The quantitative estimate of drug-likeness (QED) is 0.407. The van der Waals surface area contributed by atoms with Gasteiger partial charge in [0.15, 0.2) is 5.60 Å². The van der Waals surface area contributed by atoms with E-state index in [0.717, 1.165) is 0 Å². The lowest BCUT2D eigenvalue weighted by atomic mass is 10.1. The molecule has 7 nitrogen and oxygen atoms in total. The van der Waals surface area contributed by atoms with E-state index in [-0.39, 0.29) is 15.8 Å². The molecule has 0 saturated heterocycles. The summed E-state index contributed by atoms with van der Waals surface area (Å²) in [5.41, 5.74) is 4.20. The third-order valence-electron chi connectivity index (χ3n) is 3.14. The molecule has 1 heterocycles. The molecule has 2 rings (SSSR count). The highest BCUT2D eigenvalue weighted by atomic mass is 79.9. The third-order valence-corrected chi connectivity index (χ3v) is 5.02. The van der Waals surface area contributed by atoms with Crippen LogP contribution in [0.25, 0.3) is 0 Å². The van der Waals surface area contributed by atoms with Gasteiger partial charge in [-0.05, 0) is 55.8 Å². The predicted molar refractivity (Wildman–Crippen MR) is 98.2 cm³/mol. The molecule has 2 N–H and O–H groups in total. The van der Waals surface area contributed by atoms with E-state index in [1.807, 2.05) is 0 Å². The first kappa shape index (κ1) is 21.5. The fourth-order valence-electron chi connectivity index (χ4n) is 1.52. The lowest BCUT2D eigenvalue weighted by molar-refractivity contribution is -0.182. The third kappa shape index (κ3) is 5.20. The second-order valence-electron chi connectivity index (χ2n) is 6.16. The van der Waals surface area contributed by atoms with Crippen LogP contribution in [0.15, 0.2) is 24.3 Å². The normalized spacial score (nSPS) is 13.9. The van der Waals surface area contributed by atoms with Gasteiger partial charge in [-0.15, -0.1) is 5.06 Å². The Morgan fingerprint density at radius 3 is 1.68 bits per heavy atom. The Labute approximate surface area is 162 Å². The summed E-state index contributed by atoms with van der Waals surface area (Å²) in [7, 11) is 0. The number of rotatable bonds is 4. The van der Waals surface area contributed by atoms with E-state index < -0.39 is 27.6 Å². The molecule has 1 aliphatic rings. The van der Waals surface area contributed by atoms with Crippen molar-refractivity contribution in [3.05, 3.63) is 35.4 Å². The second-order valence-corrected chi connectivity index (χ2v) is 8.87. The lowest BCUT2D eigenvalue weighted by Crippen LogP contribution is -2.47. The van der Waals surface area contributed by atoms with Gasteiger partial charge in [0.05, 0.1) is 15.5 Å². The van der Waals surface area contributed by atoms with Gasteiger partial charge in [-0.1, -0.05) is 28.1 Å². The Morgan fingerprint density at radius 2 is 1.40 bits per heavy atom. The summed E-state index contributed by atoms with van der Waals surface area (Å²) in [5.74, 6) is -1.95. The molecule has 0 saturated carbocycles. The molecular formula is C16H18Br2N2O5. The highest BCUT2D eigenvalue weighted by Gasteiger charge is 2.41. The van der Waals surface area contributed by atoms with Gasteiger partial charge in [0.2, 0.25) is 4.69 Å². The van der Waals surface area contributed by atoms with E-state index in [9.17, 15) is 19.2 Å². The molecule has 0 atom stereocenters. The summed E-state index contributed by atoms with van der Waals surface area (Å²) < 4.78 is -0.437. The van der Waals surface area contributed by atoms with E-state index in [4.69, 9.17) is 10.6 Å². The number of fused-ring (bicyclic) bond motifs is 1. The first-order chi connectivity index (χ1) is 11.3. The smallest absolute Gasteiger partial charge is 0.285 e. The van der Waals surface area contributed by atoms with Crippen LogP contribution in [0.4, 0.5) is 0 Å². The van der Waals surface area contributed by atoms with Crippen molar-refractivity contribution in [3.63, 3.8) is 0 Å². The van der Waals surface area contributed by atoms with Crippen LogP contribution in [-0.2, 0) is 14.4 Å². The number of carbonyl (C=O) groups is 4. The number of benzene rings is 1. The molecule has 0 bridgehead atoms. The van der Waals surface area contributed by atoms with Crippen molar-refractivity contribution in [2.75, 3.05) is 0 Å². The van der Waals surface area contributed by atoms with Crippen LogP contribution in [0.5, 0.6) is 0 Å². The van der Waals surface area contributed by atoms with Crippen LogP contribution in [0.3, 0.4) is 0 Å². The number of halogens is 2. The topological polar surface area (TPSA) is 107 Å². The van der Waals surface area contributed by atoms with Gasteiger partial charge in [-0.3, -0.25) is 19.2 Å². The number of hydrogen-bond acceptors (Lipinski definition) is 5. The Morgan fingerprint density at radius 1 is 1.04 bits per heavy atom. The van der Waals surface area contributed by atoms with Gasteiger partial charge in [-0.2, -0.15) is 0 Å². The molecule has 1 aliphatic heterocycles. The van der Waals surface area contributed by atoms with Crippen molar-refractivity contribution in [1.29, 1.82) is 0 Å². The number of nitrogens with two attached hydrogens (primary N) is 1. The van der Waals surface area contributed by atoms with Crippen molar-refractivity contribution >= 4 is 54.3 Å². The summed E-state index contributed by atoms with van der Waals surface area (Å²) in [4.78, 5) is 50.5. The zero-order chi connectivity index (χ0) is 19.6. The number of hydroxylamine groups is 2. The zero-order valence-electron chi connectivity index (χ0n) is 14.1. The van der Waals surface area contributed by atoms with Gasteiger partial charge in [0.1, 0.15) is 0 Å². The van der Waals surface area contributed by atoms with Crippen LogP contribution in [0.1, 0.15) is 48.4 Å². The van der Waals surface area contributed by atoms with Crippen LogP contribution in [0.2, 0.25) is 0 Å². The molecule has 0 spiro atoms. The summed E-state index contributed by atoms with van der Waals surface area (Å²) in [6, 6.07) is 6.34. The molecular weight excluding hydrogens is 460 g/mol. The molecule has 1 aromatic rings. The van der Waals surface area contributed by atoms with Crippen LogP contribution in [0, 0.1) is 0 Å². The molecule has 0 unspecified atom stereocenters. The number of carbonyl (C=O) groups excluding carboxylic acids is 4. The molecule has 0 fully saturated rings. The standard InChI is InChI=1S/C12H12N2O4.C4H6Br2O/c1-12(2,11(13)17)18-14-9(15)7-5-3-4-6-8(7)10(14)16;1-4(2,6)3(5)7/h3-6H,1-2H3,(H2,13,17);1-2H3. The van der Waals surface area contributed by atoms with E-state index in [1.54, 1.807) is 26.0 Å². The maximum Gasteiger partial charge on any atom is 0.285 e. The van der Waals surface area contributed by atoms with Crippen molar-refractivity contribution < 1.29 is 24.0 Å². The van der Waals surface area contributed by atoms with E-state index in [2.05, 4.69) is 31.9 Å². The molecule has 3 amide bonds. The molecule has 136 valence electrons. The van der Waals surface area contributed by atoms with Crippen LogP contribution >= 0.6 is 31.9 Å². The predicted octanol–water partition coefficient (Wildman–Crippen LogP) is 2.56. The SMILES string of the molecule is CC(C)(Br)C(=O)Br.CC(C)(ON1C(=O)c2ccccc2C1=O)C(N)=O. The largest absolute Gasteiger partial charge is 0.367 e. The van der Waals surface area contributed by atoms with Gasteiger partial charge < -0.3 is 5.73 Å². The summed E-state index contributed by atoms with van der Waals surface area (Å²) >= 11 is 5.96. The van der Waals surface area contributed by atoms with E-state index in [0.29, 0.717) is 5.06 Å². The summed E-state index contributed by atoms with van der Waals surface area (Å²) in [6.45, 7) is 6.34.